The molecular formula is C14H18F2N2O. The monoisotopic (exact) mass is 268 g/mol. The smallest absolute Gasteiger partial charge is 0.224 e. The average Bonchev–Trinajstić information content (AvgIpc) is 2.38. The number of nitrogens with two attached hydrogens (primary N) is 1. The van der Waals surface area contributed by atoms with E-state index in [0.717, 1.165) is 31.7 Å². The predicted octanol–water partition coefficient (Wildman–Crippen LogP) is 2.81. The minimum absolute atomic E-state index is 0.0249. The Kier molecular flexibility index (Phi) is 4.47. The molecule has 2 atom stereocenters. The van der Waals surface area contributed by atoms with Crippen molar-refractivity contribution in [2.24, 2.45) is 11.7 Å². The van der Waals surface area contributed by atoms with Gasteiger partial charge in [0, 0.05) is 12.5 Å². The van der Waals surface area contributed by atoms with Gasteiger partial charge >= 0.3 is 0 Å². The van der Waals surface area contributed by atoms with E-state index in [-0.39, 0.29) is 30.0 Å². The highest BCUT2D eigenvalue weighted by Gasteiger charge is 2.24. The number of nitrogens with one attached hydrogen (secondary N) is 1. The summed E-state index contributed by atoms with van der Waals surface area (Å²) < 4.78 is 26.4. The number of anilines is 1. The van der Waals surface area contributed by atoms with E-state index in [1.54, 1.807) is 0 Å². The third-order valence-electron chi connectivity index (χ3n) is 3.64. The quantitative estimate of drug-likeness (QED) is 0.885. The Balaban J connectivity index is 1.95. The Labute approximate surface area is 111 Å². The summed E-state index contributed by atoms with van der Waals surface area (Å²) >= 11 is 0. The summed E-state index contributed by atoms with van der Waals surface area (Å²) in [4.78, 5) is 11.8. The van der Waals surface area contributed by atoms with Crippen molar-refractivity contribution in [3.8, 4) is 0 Å². The molecule has 0 saturated heterocycles. The second-order valence-electron chi connectivity index (χ2n) is 5.06. The zero-order valence-corrected chi connectivity index (χ0v) is 10.7. The molecule has 104 valence electrons. The van der Waals surface area contributed by atoms with Crippen LogP contribution in [0.2, 0.25) is 0 Å². The molecule has 0 aliphatic heterocycles. The van der Waals surface area contributed by atoms with E-state index >= 15 is 0 Å². The molecule has 3 N–H and O–H groups in total. The topological polar surface area (TPSA) is 55.1 Å². The molecule has 2 unspecified atom stereocenters. The Morgan fingerprint density at radius 3 is 2.79 bits per heavy atom. The first-order valence-electron chi connectivity index (χ1n) is 6.57. The zero-order valence-electron chi connectivity index (χ0n) is 10.7. The summed E-state index contributed by atoms with van der Waals surface area (Å²) in [6, 6.07) is 3.75. The third-order valence-corrected chi connectivity index (χ3v) is 3.64. The van der Waals surface area contributed by atoms with Crippen LogP contribution in [0.3, 0.4) is 0 Å². The summed E-state index contributed by atoms with van der Waals surface area (Å²) in [5, 5.41) is 2.41. The van der Waals surface area contributed by atoms with E-state index in [0.29, 0.717) is 0 Å². The van der Waals surface area contributed by atoms with Crippen LogP contribution in [0, 0.1) is 17.6 Å². The SMILES string of the molecule is NC1CCCCC1CC(=O)Nc1cccc(F)c1F. The number of amides is 1. The van der Waals surface area contributed by atoms with Gasteiger partial charge in [-0.2, -0.15) is 0 Å². The highest BCUT2D eigenvalue weighted by molar-refractivity contribution is 5.91. The van der Waals surface area contributed by atoms with Gasteiger partial charge in [0.15, 0.2) is 11.6 Å². The van der Waals surface area contributed by atoms with Crippen LogP contribution in [0.1, 0.15) is 32.1 Å². The van der Waals surface area contributed by atoms with Crippen LogP contribution in [-0.2, 0) is 4.79 Å². The second kappa shape index (κ2) is 6.10. The van der Waals surface area contributed by atoms with Crippen LogP contribution >= 0.6 is 0 Å². The summed E-state index contributed by atoms with van der Waals surface area (Å²) in [5.41, 5.74) is 5.84. The van der Waals surface area contributed by atoms with Crippen molar-refractivity contribution < 1.29 is 13.6 Å². The fraction of sp³-hybridized carbons (Fsp3) is 0.500. The lowest BCUT2D eigenvalue weighted by atomic mass is 9.83. The summed E-state index contributed by atoms with van der Waals surface area (Å²) in [7, 11) is 0. The number of benzene rings is 1. The molecule has 19 heavy (non-hydrogen) atoms. The van der Waals surface area contributed by atoms with Crippen LogP contribution in [0.4, 0.5) is 14.5 Å². The molecule has 0 spiro atoms. The van der Waals surface area contributed by atoms with E-state index in [1.165, 1.54) is 12.1 Å². The molecule has 1 aromatic carbocycles. The summed E-state index contributed by atoms with van der Waals surface area (Å²) in [5.74, 6) is -2.17. The van der Waals surface area contributed by atoms with Crippen LogP contribution < -0.4 is 11.1 Å². The number of carbonyl (C=O) groups is 1. The van der Waals surface area contributed by atoms with Crippen LogP contribution in [0.25, 0.3) is 0 Å². The van der Waals surface area contributed by atoms with Gasteiger partial charge in [0.2, 0.25) is 5.91 Å². The Morgan fingerprint density at radius 1 is 1.32 bits per heavy atom. The van der Waals surface area contributed by atoms with Crippen molar-refractivity contribution in [1.82, 2.24) is 0 Å². The van der Waals surface area contributed by atoms with Crippen LogP contribution in [-0.4, -0.2) is 11.9 Å². The van der Waals surface area contributed by atoms with Crippen molar-refractivity contribution in [2.75, 3.05) is 5.32 Å². The van der Waals surface area contributed by atoms with Gasteiger partial charge in [-0.05, 0) is 30.9 Å². The molecule has 1 saturated carbocycles. The number of rotatable bonds is 3. The molecule has 0 radical (unpaired) electrons. The van der Waals surface area contributed by atoms with Crippen molar-refractivity contribution in [3.63, 3.8) is 0 Å². The summed E-state index contributed by atoms with van der Waals surface area (Å²) in [6.45, 7) is 0. The van der Waals surface area contributed by atoms with Crippen LogP contribution in [0.5, 0.6) is 0 Å². The lowest BCUT2D eigenvalue weighted by molar-refractivity contribution is -0.117. The Bertz CT molecular complexity index is 465. The second-order valence-corrected chi connectivity index (χ2v) is 5.06. The van der Waals surface area contributed by atoms with Gasteiger partial charge in [0.25, 0.3) is 0 Å². The van der Waals surface area contributed by atoms with Gasteiger partial charge in [-0.25, -0.2) is 8.78 Å². The largest absolute Gasteiger partial charge is 0.327 e. The van der Waals surface area contributed by atoms with E-state index in [9.17, 15) is 13.6 Å². The van der Waals surface area contributed by atoms with Crippen molar-refractivity contribution in [3.05, 3.63) is 29.8 Å². The van der Waals surface area contributed by atoms with Gasteiger partial charge in [0.1, 0.15) is 0 Å². The normalized spacial score (nSPS) is 23.1. The zero-order chi connectivity index (χ0) is 13.8. The van der Waals surface area contributed by atoms with Crippen LogP contribution in [0.15, 0.2) is 18.2 Å². The van der Waals surface area contributed by atoms with Crippen molar-refractivity contribution in [2.45, 2.75) is 38.1 Å². The lowest BCUT2D eigenvalue weighted by Gasteiger charge is -2.27. The molecule has 1 amide bonds. The summed E-state index contributed by atoms with van der Waals surface area (Å²) in [6.07, 6.45) is 4.27. The number of hydrogen-bond acceptors (Lipinski definition) is 2. The maximum absolute atomic E-state index is 13.4. The van der Waals surface area contributed by atoms with E-state index < -0.39 is 11.6 Å². The number of hydrogen-bond donors (Lipinski definition) is 2. The molecule has 0 aromatic heterocycles. The Hall–Kier alpha value is -1.49. The number of carbonyl (C=O) groups excluding carboxylic acids is 1. The van der Waals surface area contributed by atoms with Crippen molar-refractivity contribution >= 4 is 11.6 Å². The minimum Gasteiger partial charge on any atom is -0.327 e. The molecule has 2 rings (SSSR count). The maximum Gasteiger partial charge on any atom is 0.224 e. The first-order chi connectivity index (χ1) is 9.08. The fourth-order valence-corrected chi connectivity index (χ4v) is 2.53. The van der Waals surface area contributed by atoms with Gasteiger partial charge in [-0.15, -0.1) is 0 Å². The molecule has 3 nitrogen and oxygen atoms in total. The van der Waals surface area contributed by atoms with E-state index in [2.05, 4.69) is 5.32 Å². The van der Waals surface area contributed by atoms with E-state index in [1.807, 2.05) is 0 Å². The van der Waals surface area contributed by atoms with Gasteiger partial charge in [-0.3, -0.25) is 4.79 Å². The predicted molar refractivity (Wildman–Crippen MR) is 69.5 cm³/mol. The van der Waals surface area contributed by atoms with Crippen molar-refractivity contribution in [1.29, 1.82) is 0 Å². The molecule has 1 aliphatic carbocycles. The van der Waals surface area contributed by atoms with Gasteiger partial charge < -0.3 is 11.1 Å². The first kappa shape index (κ1) is 13.9. The lowest BCUT2D eigenvalue weighted by Crippen LogP contribution is -2.35. The Morgan fingerprint density at radius 2 is 2.05 bits per heavy atom. The van der Waals surface area contributed by atoms with Gasteiger partial charge in [0.05, 0.1) is 5.69 Å². The number of halogens is 2. The third kappa shape index (κ3) is 3.50. The highest BCUT2D eigenvalue weighted by atomic mass is 19.2. The highest BCUT2D eigenvalue weighted by Crippen LogP contribution is 2.26. The minimum atomic E-state index is -1.02. The first-order valence-corrected chi connectivity index (χ1v) is 6.57. The fourth-order valence-electron chi connectivity index (χ4n) is 2.53. The molecule has 1 fully saturated rings. The molecule has 1 aliphatic rings. The molecule has 0 bridgehead atoms. The maximum atomic E-state index is 13.4. The molecule has 0 heterocycles. The molecule has 1 aromatic rings. The van der Waals surface area contributed by atoms with Gasteiger partial charge in [-0.1, -0.05) is 18.9 Å². The average molecular weight is 268 g/mol. The molecular weight excluding hydrogens is 250 g/mol. The molecule has 5 heteroatoms. The van der Waals surface area contributed by atoms with E-state index in [4.69, 9.17) is 5.73 Å². The standard InChI is InChI=1S/C14H18F2N2O/c15-10-5-3-7-12(14(10)16)18-13(19)8-9-4-1-2-6-11(9)17/h3,5,7,9,11H,1-2,4,6,8,17H2,(H,18,19).